The van der Waals surface area contributed by atoms with Gasteiger partial charge in [0.25, 0.3) is 5.91 Å². The van der Waals surface area contributed by atoms with Crippen LogP contribution < -0.4 is 21.3 Å². The van der Waals surface area contributed by atoms with E-state index in [0.29, 0.717) is 6.54 Å². The van der Waals surface area contributed by atoms with Crippen molar-refractivity contribution in [3.8, 4) is 12.3 Å². The molecule has 4 fully saturated rings. The van der Waals surface area contributed by atoms with Crippen molar-refractivity contribution in [2.24, 2.45) is 34.0 Å². The molecule has 3 aliphatic carbocycles. The Bertz CT molecular complexity index is 1560. The van der Waals surface area contributed by atoms with Crippen LogP contribution in [0.5, 0.6) is 0 Å². The number of hydrogen-bond acceptors (Lipinski definition) is 7. The van der Waals surface area contributed by atoms with Crippen LogP contribution in [-0.4, -0.2) is 105 Å². The quantitative estimate of drug-likeness (QED) is 0.106. The van der Waals surface area contributed by atoms with E-state index in [1.807, 2.05) is 27.7 Å². The number of nitrogens with one attached hydrogen (secondary N) is 4. The number of hydrogen-bond donors (Lipinski definition) is 4. The minimum Gasteiger partial charge on any atom is -0.354 e. The van der Waals surface area contributed by atoms with Crippen LogP contribution >= 0.6 is 0 Å². The molecule has 1 spiro atoms. The topological polar surface area (TPSA) is 174 Å². The number of amides is 5. The third-order valence-electron chi connectivity index (χ3n) is 12.6. The summed E-state index contributed by atoms with van der Waals surface area (Å²) in [7, 11) is -2.04. The number of fused-ring (bicyclic) bond motifs is 2. The van der Waals surface area contributed by atoms with Gasteiger partial charge in [-0.25, -0.2) is 17.5 Å². The standard InChI is InChI=1S/C39H62N6O7S/c1-9-11-15-26(31(46)34(48)40-22-10-2)23-41-33(47)30-27-16-19-39(20-21-39)28(27)24-45(30)35(49)32(38(6)17-13-12-14-18-38)43-36(50)42-29(37(3,4)5)25-44(7)53(8,51)52/h1,10,26-30,32H,2,11-25H2,3-8H3,(H,40,48)(H,41,47)(H2,42,43,50)/t26?,27-,28-,29+,30-,32+/m0/s1. The van der Waals surface area contributed by atoms with E-state index < -0.39 is 62.6 Å². The van der Waals surface area contributed by atoms with Gasteiger partial charge in [-0.3, -0.25) is 19.2 Å². The average Bonchev–Trinajstić information content (AvgIpc) is 3.66. The van der Waals surface area contributed by atoms with Crippen molar-refractivity contribution in [3.63, 3.8) is 0 Å². The van der Waals surface area contributed by atoms with E-state index in [9.17, 15) is 27.6 Å². The van der Waals surface area contributed by atoms with E-state index in [1.165, 1.54) is 17.4 Å². The van der Waals surface area contributed by atoms with Crippen LogP contribution in [0.4, 0.5) is 4.79 Å². The molecule has 13 nitrogen and oxygen atoms in total. The summed E-state index contributed by atoms with van der Waals surface area (Å²) < 4.78 is 25.7. The van der Waals surface area contributed by atoms with Gasteiger partial charge in [0.2, 0.25) is 27.6 Å². The van der Waals surface area contributed by atoms with Gasteiger partial charge in [-0.1, -0.05) is 53.0 Å². The second kappa shape index (κ2) is 16.9. The van der Waals surface area contributed by atoms with Crippen LogP contribution in [0.15, 0.2) is 12.7 Å². The predicted octanol–water partition coefficient (Wildman–Crippen LogP) is 2.97. The normalized spacial score (nSPS) is 24.6. The molecular formula is C39H62N6O7S. The largest absolute Gasteiger partial charge is 0.354 e. The molecule has 4 N–H and O–H groups in total. The summed E-state index contributed by atoms with van der Waals surface area (Å²) in [6.45, 7) is 11.8. The second-order valence-electron chi connectivity index (χ2n) is 17.4. The smallest absolute Gasteiger partial charge is 0.315 e. The van der Waals surface area contributed by atoms with Crippen LogP contribution in [0.2, 0.25) is 0 Å². The number of carbonyl (C=O) groups is 5. The molecule has 0 aromatic carbocycles. The van der Waals surface area contributed by atoms with Gasteiger partial charge >= 0.3 is 6.03 Å². The number of nitrogens with zero attached hydrogens (tertiary/aromatic N) is 2. The Hall–Kier alpha value is -3.44. The van der Waals surface area contributed by atoms with E-state index in [0.717, 1.165) is 64.0 Å². The Morgan fingerprint density at radius 1 is 1.04 bits per heavy atom. The summed E-state index contributed by atoms with van der Waals surface area (Å²) in [5.74, 6) is -0.365. The number of Topliss-reactive ketones (excluding diaryl/α,β-unsaturated/α-hetero) is 1. The summed E-state index contributed by atoms with van der Waals surface area (Å²) in [6.07, 6.45) is 16.7. The molecule has 5 amide bonds. The van der Waals surface area contributed by atoms with Crippen LogP contribution in [0, 0.1) is 46.3 Å². The molecule has 1 heterocycles. The lowest BCUT2D eigenvalue weighted by Gasteiger charge is -2.43. The number of likely N-dealkylation sites (tertiary alicyclic amines) is 1. The van der Waals surface area contributed by atoms with Gasteiger partial charge in [-0.15, -0.1) is 18.9 Å². The van der Waals surface area contributed by atoms with Crippen LogP contribution in [0.1, 0.15) is 98.3 Å². The molecule has 4 aliphatic rings. The Kier molecular flexibility index (Phi) is 13.5. The first-order valence-corrected chi connectivity index (χ1v) is 21.1. The van der Waals surface area contributed by atoms with Gasteiger partial charge in [0.05, 0.1) is 6.26 Å². The molecule has 0 bridgehead atoms. The van der Waals surface area contributed by atoms with Crippen molar-refractivity contribution in [3.05, 3.63) is 12.7 Å². The number of rotatable bonds is 16. The van der Waals surface area contributed by atoms with Crippen molar-refractivity contribution in [1.29, 1.82) is 0 Å². The lowest BCUT2D eigenvalue weighted by Crippen LogP contribution is -2.63. The van der Waals surface area contributed by atoms with Crippen molar-refractivity contribution >= 4 is 39.6 Å². The first-order valence-electron chi connectivity index (χ1n) is 19.2. The van der Waals surface area contributed by atoms with Crippen molar-refractivity contribution in [1.82, 2.24) is 30.5 Å². The summed E-state index contributed by atoms with van der Waals surface area (Å²) in [5, 5.41) is 11.5. The second-order valence-corrected chi connectivity index (χ2v) is 19.5. The van der Waals surface area contributed by atoms with Crippen LogP contribution in [0.25, 0.3) is 0 Å². The molecule has 1 saturated heterocycles. The third kappa shape index (κ3) is 10.0. The van der Waals surface area contributed by atoms with Gasteiger partial charge in [0, 0.05) is 51.6 Å². The van der Waals surface area contributed by atoms with Gasteiger partial charge in [0.1, 0.15) is 12.1 Å². The summed E-state index contributed by atoms with van der Waals surface area (Å²) in [6, 6.07) is -2.87. The number of likely N-dealkylation sites (N-methyl/N-ethyl adjacent to an activating group) is 1. The van der Waals surface area contributed by atoms with Crippen molar-refractivity contribution in [2.75, 3.05) is 39.5 Å². The fourth-order valence-corrected chi connectivity index (χ4v) is 9.28. The summed E-state index contributed by atoms with van der Waals surface area (Å²) in [5.41, 5.74) is -0.965. The molecule has 53 heavy (non-hydrogen) atoms. The van der Waals surface area contributed by atoms with Crippen molar-refractivity contribution in [2.45, 2.75) is 116 Å². The summed E-state index contributed by atoms with van der Waals surface area (Å²) in [4.78, 5) is 70.5. The molecule has 3 saturated carbocycles. The first-order chi connectivity index (χ1) is 24.8. The monoisotopic (exact) mass is 758 g/mol. The maximum absolute atomic E-state index is 15.0. The first kappa shape index (κ1) is 42.3. The average molecular weight is 759 g/mol. The van der Waals surface area contributed by atoms with E-state index >= 15 is 4.79 Å². The Balaban J connectivity index is 1.60. The molecule has 296 valence electrons. The minimum atomic E-state index is -3.51. The summed E-state index contributed by atoms with van der Waals surface area (Å²) >= 11 is 0. The molecule has 1 aliphatic heterocycles. The number of urea groups is 1. The minimum absolute atomic E-state index is 0.0478. The number of ketones is 1. The van der Waals surface area contributed by atoms with Gasteiger partial charge < -0.3 is 26.2 Å². The van der Waals surface area contributed by atoms with E-state index in [4.69, 9.17) is 6.42 Å². The maximum Gasteiger partial charge on any atom is 0.315 e. The SMILES string of the molecule is C#CCCC(CNC(=O)[C@@H]1[C@H]2CCC3(CC3)[C@H]2CN1C(=O)[C@@H](NC(=O)N[C@H](CN(C)S(C)(=O)=O)C(C)(C)C)C1(C)CCCCC1)C(=O)C(=O)NCC=C. The molecule has 6 atom stereocenters. The van der Waals surface area contributed by atoms with Crippen molar-refractivity contribution < 1.29 is 32.4 Å². The van der Waals surface area contributed by atoms with Gasteiger partial charge in [-0.05, 0) is 73.0 Å². The lowest BCUT2D eigenvalue weighted by molar-refractivity contribution is -0.144. The molecule has 0 aromatic rings. The zero-order valence-corrected chi connectivity index (χ0v) is 33.4. The Morgan fingerprint density at radius 3 is 2.26 bits per heavy atom. The van der Waals surface area contributed by atoms with E-state index in [1.54, 1.807) is 4.90 Å². The number of sulfonamides is 1. The van der Waals surface area contributed by atoms with Gasteiger partial charge in [-0.2, -0.15) is 0 Å². The van der Waals surface area contributed by atoms with E-state index in [2.05, 4.69) is 33.8 Å². The molecule has 0 radical (unpaired) electrons. The number of terminal acetylenes is 1. The maximum atomic E-state index is 15.0. The Labute approximate surface area is 316 Å². The van der Waals surface area contributed by atoms with Crippen LogP contribution in [-0.2, 0) is 29.2 Å². The molecular weight excluding hydrogens is 697 g/mol. The Morgan fingerprint density at radius 2 is 1.70 bits per heavy atom. The van der Waals surface area contributed by atoms with Gasteiger partial charge in [0.15, 0.2) is 0 Å². The fourth-order valence-electron chi connectivity index (χ4n) is 8.86. The zero-order chi connectivity index (χ0) is 39.4. The highest BCUT2D eigenvalue weighted by Gasteiger charge is 2.64. The zero-order valence-electron chi connectivity index (χ0n) is 32.6. The highest BCUT2D eigenvalue weighted by atomic mass is 32.2. The fraction of sp³-hybridized carbons (Fsp3) is 0.769. The molecule has 0 aromatic heterocycles. The molecule has 4 rings (SSSR count). The lowest BCUT2D eigenvalue weighted by atomic mass is 9.70. The highest BCUT2D eigenvalue weighted by molar-refractivity contribution is 7.88. The molecule has 1 unspecified atom stereocenters. The third-order valence-corrected chi connectivity index (χ3v) is 13.9. The van der Waals surface area contributed by atoms with Crippen LogP contribution in [0.3, 0.4) is 0 Å². The van der Waals surface area contributed by atoms with E-state index in [-0.39, 0.29) is 61.5 Å². The molecule has 14 heteroatoms. The predicted molar refractivity (Wildman–Crippen MR) is 204 cm³/mol. The highest BCUT2D eigenvalue weighted by Crippen LogP contribution is 2.66. The number of carbonyl (C=O) groups excluding carboxylic acids is 5.